The van der Waals surface area contributed by atoms with Crippen molar-refractivity contribution in [2.75, 3.05) is 7.05 Å². The minimum Gasteiger partial charge on any atom is -0.347 e. The molecule has 6 heteroatoms. The van der Waals surface area contributed by atoms with Gasteiger partial charge in [-0.05, 0) is 13.0 Å². The van der Waals surface area contributed by atoms with Gasteiger partial charge < -0.3 is 9.88 Å². The fourth-order valence-corrected chi connectivity index (χ4v) is 1.63. The molecule has 0 radical (unpaired) electrons. The Balaban J connectivity index is 2.00. The van der Waals surface area contributed by atoms with Crippen molar-refractivity contribution in [3.05, 3.63) is 36.7 Å². The van der Waals surface area contributed by atoms with Crippen LogP contribution in [0.5, 0.6) is 0 Å². The van der Waals surface area contributed by atoms with Crippen molar-refractivity contribution in [1.29, 1.82) is 0 Å². The van der Waals surface area contributed by atoms with Crippen LogP contribution in [0.1, 0.15) is 18.8 Å². The van der Waals surface area contributed by atoms with Crippen molar-refractivity contribution in [2.24, 2.45) is 0 Å². The maximum absolute atomic E-state index is 12.1. The van der Waals surface area contributed by atoms with Crippen LogP contribution in [-0.4, -0.2) is 37.6 Å². The number of carbonyl (C=O) groups excluding carboxylic acids is 1. The minimum atomic E-state index is -0.301. The predicted molar refractivity (Wildman–Crippen MR) is 62.0 cm³/mol. The molecule has 0 bridgehead atoms. The Hall–Kier alpha value is -2.11. The van der Waals surface area contributed by atoms with Crippen LogP contribution >= 0.6 is 0 Å². The molecule has 2 aromatic heterocycles. The quantitative estimate of drug-likeness (QED) is 0.850. The van der Waals surface area contributed by atoms with E-state index >= 15 is 0 Å². The maximum atomic E-state index is 12.1. The number of H-pyrrole nitrogens is 1. The number of nitrogens with one attached hydrogen (secondary N) is 1. The number of amides is 1. The summed E-state index contributed by atoms with van der Waals surface area (Å²) in [4.78, 5) is 20.8. The van der Waals surface area contributed by atoms with Gasteiger partial charge in [0, 0.05) is 31.8 Å². The summed E-state index contributed by atoms with van der Waals surface area (Å²) in [6.45, 7) is 2.30. The summed E-state index contributed by atoms with van der Waals surface area (Å²) in [7, 11) is 1.75. The molecule has 1 amide bonds. The summed E-state index contributed by atoms with van der Waals surface area (Å²) in [6.07, 6.45) is 6.86. The van der Waals surface area contributed by atoms with E-state index in [1.54, 1.807) is 47.5 Å². The zero-order valence-electron chi connectivity index (χ0n) is 9.87. The molecule has 2 heterocycles. The number of nitrogens with zero attached hydrogens (tertiary/aromatic N) is 4. The molecular formula is C11H15N5O. The molecule has 0 aromatic carbocycles. The lowest BCUT2D eigenvalue weighted by molar-refractivity contribution is -0.133. The molecule has 1 unspecified atom stereocenters. The lowest BCUT2D eigenvalue weighted by Crippen LogP contribution is -2.33. The van der Waals surface area contributed by atoms with E-state index in [1.807, 2.05) is 6.92 Å². The van der Waals surface area contributed by atoms with Gasteiger partial charge in [-0.15, -0.1) is 0 Å². The van der Waals surface area contributed by atoms with Gasteiger partial charge in [-0.2, -0.15) is 5.10 Å². The van der Waals surface area contributed by atoms with E-state index in [0.29, 0.717) is 6.54 Å². The number of hydrogen-bond acceptors (Lipinski definition) is 3. The number of imidazole rings is 1. The Labute approximate surface area is 99.3 Å². The standard InChI is InChI=1S/C11H15N5O/c1-9(16-7-3-4-14-16)11(17)15(2)8-10-12-5-6-13-10/h3-7,9H,8H2,1-2H3,(H,12,13). The SMILES string of the molecule is CC(C(=O)N(C)Cc1ncc[nH]1)n1cccn1. The highest BCUT2D eigenvalue weighted by molar-refractivity contribution is 5.79. The van der Waals surface area contributed by atoms with E-state index in [-0.39, 0.29) is 11.9 Å². The Morgan fingerprint density at radius 2 is 2.41 bits per heavy atom. The minimum absolute atomic E-state index is 0.00472. The molecule has 2 rings (SSSR count). The Kier molecular flexibility index (Phi) is 3.22. The number of rotatable bonds is 4. The van der Waals surface area contributed by atoms with Gasteiger partial charge >= 0.3 is 0 Å². The second-order valence-corrected chi connectivity index (χ2v) is 3.89. The van der Waals surface area contributed by atoms with Crippen molar-refractivity contribution in [2.45, 2.75) is 19.5 Å². The lowest BCUT2D eigenvalue weighted by Gasteiger charge is -2.20. The van der Waals surface area contributed by atoms with Crippen LogP contribution in [0.2, 0.25) is 0 Å². The van der Waals surface area contributed by atoms with Gasteiger partial charge in [0.05, 0.1) is 6.54 Å². The Bertz CT molecular complexity index is 462. The normalized spacial score (nSPS) is 12.4. The smallest absolute Gasteiger partial charge is 0.247 e. The van der Waals surface area contributed by atoms with Crippen LogP contribution in [0.4, 0.5) is 0 Å². The molecule has 0 fully saturated rings. The summed E-state index contributed by atoms with van der Waals surface area (Å²) in [5, 5.41) is 4.06. The summed E-state index contributed by atoms with van der Waals surface area (Å²) in [5.74, 6) is 0.776. The van der Waals surface area contributed by atoms with E-state index in [1.165, 1.54) is 0 Å². The van der Waals surface area contributed by atoms with Gasteiger partial charge in [0.2, 0.25) is 5.91 Å². The number of likely N-dealkylation sites (N-methyl/N-ethyl adjacent to an activating group) is 1. The third kappa shape index (κ3) is 2.52. The molecule has 90 valence electrons. The van der Waals surface area contributed by atoms with Gasteiger partial charge in [-0.1, -0.05) is 0 Å². The average Bonchev–Trinajstić information content (AvgIpc) is 2.99. The summed E-state index contributed by atoms with van der Waals surface area (Å²) < 4.78 is 1.64. The summed E-state index contributed by atoms with van der Waals surface area (Å²) in [6, 6.07) is 1.50. The van der Waals surface area contributed by atoms with E-state index in [0.717, 1.165) is 5.82 Å². The molecular weight excluding hydrogens is 218 g/mol. The van der Waals surface area contributed by atoms with Crippen LogP contribution in [0.25, 0.3) is 0 Å². The average molecular weight is 233 g/mol. The number of carbonyl (C=O) groups is 1. The number of aromatic amines is 1. The summed E-state index contributed by atoms with van der Waals surface area (Å²) in [5.41, 5.74) is 0. The molecule has 0 saturated carbocycles. The fraction of sp³-hybridized carbons (Fsp3) is 0.364. The Morgan fingerprint density at radius 3 is 3.00 bits per heavy atom. The van der Waals surface area contributed by atoms with Gasteiger partial charge in [-0.3, -0.25) is 9.48 Å². The van der Waals surface area contributed by atoms with Crippen molar-refractivity contribution >= 4 is 5.91 Å². The van der Waals surface area contributed by atoms with Crippen LogP contribution < -0.4 is 0 Å². The molecule has 1 N–H and O–H groups in total. The van der Waals surface area contributed by atoms with Gasteiger partial charge in [0.25, 0.3) is 0 Å². The largest absolute Gasteiger partial charge is 0.347 e. The highest BCUT2D eigenvalue weighted by Gasteiger charge is 2.19. The summed E-state index contributed by atoms with van der Waals surface area (Å²) >= 11 is 0. The van der Waals surface area contributed by atoms with Crippen LogP contribution in [0.3, 0.4) is 0 Å². The maximum Gasteiger partial charge on any atom is 0.247 e. The topological polar surface area (TPSA) is 66.8 Å². The van der Waals surface area contributed by atoms with Gasteiger partial charge in [-0.25, -0.2) is 4.98 Å². The molecule has 0 aliphatic carbocycles. The van der Waals surface area contributed by atoms with Gasteiger partial charge in [0.15, 0.2) is 0 Å². The first-order valence-corrected chi connectivity index (χ1v) is 5.41. The zero-order chi connectivity index (χ0) is 12.3. The highest BCUT2D eigenvalue weighted by Crippen LogP contribution is 2.08. The second kappa shape index (κ2) is 4.82. The first-order chi connectivity index (χ1) is 8.18. The molecule has 6 nitrogen and oxygen atoms in total. The first kappa shape index (κ1) is 11.4. The van der Waals surface area contributed by atoms with E-state index in [9.17, 15) is 4.79 Å². The molecule has 17 heavy (non-hydrogen) atoms. The number of aromatic nitrogens is 4. The molecule has 0 saturated heterocycles. The molecule has 0 aliphatic rings. The van der Waals surface area contributed by atoms with Crippen LogP contribution in [0, 0.1) is 0 Å². The van der Waals surface area contributed by atoms with Crippen molar-refractivity contribution < 1.29 is 4.79 Å². The predicted octanol–water partition coefficient (Wildman–Crippen LogP) is 0.826. The number of hydrogen-bond donors (Lipinski definition) is 1. The van der Waals surface area contributed by atoms with E-state index < -0.39 is 0 Å². The van der Waals surface area contributed by atoms with Crippen molar-refractivity contribution in [3.8, 4) is 0 Å². The van der Waals surface area contributed by atoms with Crippen LogP contribution in [-0.2, 0) is 11.3 Å². The van der Waals surface area contributed by atoms with E-state index in [2.05, 4.69) is 15.1 Å². The molecule has 0 spiro atoms. The fourth-order valence-electron chi connectivity index (χ4n) is 1.63. The first-order valence-electron chi connectivity index (χ1n) is 5.41. The van der Waals surface area contributed by atoms with E-state index in [4.69, 9.17) is 0 Å². The Morgan fingerprint density at radius 1 is 1.59 bits per heavy atom. The highest BCUT2D eigenvalue weighted by atomic mass is 16.2. The van der Waals surface area contributed by atoms with Crippen LogP contribution in [0.15, 0.2) is 30.9 Å². The third-order valence-corrected chi connectivity index (χ3v) is 2.60. The van der Waals surface area contributed by atoms with Crippen molar-refractivity contribution in [3.63, 3.8) is 0 Å². The van der Waals surface area contributed by atoms with Gasteiger partial charge in [0.1, 0.15) is 11.9 Å². The zero-order valence-corrected chi connectivity index (χ0v) is 9.87. The molecule has 2 aromatic rings. The van der Waals surface area contributed by atoms with Crippen molar-refractivity contribution in [1.82, 2.24) is 24.6 Å². The second-order valence-electron chi connectivity index (χ2n) is 3.89. The molecule has 1 atom stereocenters. The lowest BCUT2D eigenvalue weighted by atomic mass is 10.3. The monoisotopic (exact) mass is 233 g/mol. The third-order valence-electron chi connectivity index (χ3n) is 2.60. The molecule has 0 aliphatic heterocycles.